The van der Waals surface area contributed by atoms with Gasteiger partial charge >= 0.3 is 5.97 Å². The number of rotatable bonds is 5. The van der Waals surface area contributed by atoms with Gasteiger partial charge < -0.3 is 10.0 Å². The molecule has 0 aliphatic carbocycles. The lowest BCUT2D eigenvalue weighted by molar-refractivity contribution is -0.142. The number of nitriles is 1. The van der Waals surface area contributed by atoms with Gasteiger partial charge in [-0.3, -0.25) is 4.79 Å². The van der Waals surface area contributed by atoms with Gasteiger partial charge in [-0.2, -0.15) is 5.26 Å². The second kappa shape index (κ2) is 5.15. The Morgan fingerprint density at radius 3 is 2.88 bits per heavy atom. The predicted molar refractivity (Wildman–Crippen MR) is 66.3 cm³/mol. The van der Waals surface area contributed by atoms with Crippen molar-refractivity contribution in [2.75, 3.05) is 18.5 Å². The maximum atomic E-state index is 11.1. The molecule has 0 aliphatic heterocycles. The van der Waals surface area contributed by atoms with Gasteiger partial charge in [-0.25, -0.2) is 4.98 Å². The van der Waals surface area contributed by atoms with E-state index in [1.165, 1.54) is 11.3 Å². The summed E-state index contributed by atoms with van der Waals surface area (Å²) in [6, 6.07) is 2.06. The van der Waals surface area contributed by atoms with Crippen LogP contribution in [0.15, 0.2) is 5.38 Å². The lowest BCUT2D eigenvalue weighted by atomic mass is 9.90. The summed E-state index contributed by atoms with van der Waals surface area (Å²) < 4.78 is 0. The zero-order valence-corrected chi connectivity index (χ0v) is 10.9. The molecule has 1 aromatic rings. The fourth-order valence-corrected chi connectivity index (χ4v) is 2.14. The van der Waals surface area contributed by atoms with E-state index in [4.69, 9.17) is 10.4 Å². The molecule has 0 saturated heterocycles. The molecule has 0 aromatic carbocycles. The average Bonchev–Trinajstić information content (AvgIpc) is 2.75. The Hall–Kier alpha value is -1.61. The van der Waals surface area contributed by atoms with Crippen molar-refractivity contribution < 1.29 is 9.90 Å². The summed E-state index contributed by atoms with van der Waals surface area (Å²) in [5.41, 5.74) is -0.432. The van der Waals surface area contributed by atoms with Crippen LogP contribution in [0.4, 0.5) is 5.13 Å². The van der Waals surface area contributed by atoms with E-state index in [0.717, 1.165) is 5.13 Å². The molecule has 6 heteroatoms. The first-order valence-electron chi connectivity index (χ1n) is 5.17. The summed E-state index contributed by atoms with van der Waals surface area (Å²) in [6.07, 6.45) is 0.424. The van der Waals surface area contributed by atoms with E-state index in [-0.39, 0.29) is 0 Å². The molecule has 1 N–H and O–H groups in total. The molecular weight excluding hydrogens is 238 g/mol. The summed E-state index contributed by atoms with van der Waals surface area (Å²) in [6.45, 7) is 3.85. The number of carbonyl (C=O) groups is 1. The van der Waals surface area contributed by atoms with E-state index in [9.17, 15) is 4.79 Å². The van der Waals surface area contributed by atoms with Gasteiger partial charge in [-0.1, -0.05) is 0 Å². The largest absolute Gasteiger partial charge is 0.481 e. The first-order valence-corrected chi connectivity index (χ1v) is 6.05. The van der Waals surface area contributed by atoms with Crippen LogP contribution in [-0.4, -0.2) is 29.7 Å². The fraction of sp³-hybridized carbons (Fsp3) is 0.545. The quantitative estimate of drug-likeness (QED) is 0.866. The van der Waals surface area contributed by atoms with Gasteiger partial charge in [0.15, 0.2) is 5.13 Å². The van der Waals surface area contributed by atoms with Crippen LogP contribution in [0, 0.1) is 11.3 Å². The third kappa shape index (κ3) is 2.94. The molecule has 1 heterocycles. The third-order valence-electron chi connectivity index (χ3n) is 2.55. The van der Waals surface area contributed by atoms with E-state index < -0.39 is 11.4 Å². The van der Waals surface area contributed by atoms with Crippen LogP contribution >= 0.6 is 11.3 Å². The molecule has 92 valence electrons. The van der Waals surface area contributed by atoms with Crippen LogP contribution in [0.2, 0.25) is 0 Å². The van der Waals surface area contributed by atoms with Crippen molar-refractivity contribution >= 4 is 22.4 Å². The summed E-state index contributed by atoms with van der Waals surface area (Å²) in [5.74, 6) is -0.894. The molecule has 0 atom stereocenters. The van der Waals surface area contributed by atoms with Gasteiger partial charge in [-0.05, 0) is 13.8 Å². The van der Waals surface area contributed by atoms with Crippen molar-refractivity contribution in [2.45, 2.75) is 25.7 Å². The number of hydrogen-bond donors (Lipinski definition) is 1. The number of anilines is 1. The molecule has 0 radical (unpaired) electrons. The maximum Gasteiger partial charge on any atom is 0.315 e. The minimum absolute atomic E-state index is 0.424. The van der Waals surface area contributed by atoms with Crippen molar-refractivity contribution in [1.82, 2.24) is 4.98 Å². The Bertz CT molecular complexity index is 448. The normalized spacial score (nSPS) is 10.9. The van der Waals surface area contributed by atoms with Gasteiger partial charge in [-0.15, -0.1) is 11.3 Å². The first kappa shape index (κ1) is 13.5. The Morgan fingerprint density at radius 1 is 1.71 bits per heavy atom. The second-order valence-corrected chi connectivity index (χ2v) is 5.11. The Kier molecular flexibility index (Phi) is 4.07. The highest BCUT2D eigenvalue weighted by Gasteiger charge is 2.32. The topological polar surface area (TPSA) is 77.2 Å². The molecule has 0 saturated carbocycles. The number of carboxylic acids is 1. The van der Waals surface area contributed by atoms with Gasteiger partial charge in [0, 0.05) is 19.0 Å². The van der Waals surface area contributed by atoms with Crippen LogP contribution in [0.1, 0.15) is 26.0 Å². The Morgan fingerprint density at radius 2 is 2.35 bits per heavy atom. The van der Waals surface area contributed by atoms with Gasteiger partial charge in [0.2, 0.25) is 0 Å². The monoisotopic (exact) mass is 253 g/mol. The number of carboxylic acid groups (broad SMARTS) is 1. The molecule has 1 rings (SSSR count). The molecule has 0 spiro atoms. The number of aliphatic carboxylic acids is 1. The average molecular weight is 253 g/mol. The van der Waals surface area contributed by atoms with E-state index in [0.29, 0.717) is 18.7 Å². The molecule has 5 nitrogen and oxygen atoms in total. The van der Waals surface area contributed by atoms with Gasteiger partial charge in [0.25, 0.3) is 0 Å². The lowest BCUT2D eigenvalue weighted by Crippen LogP contribution is -2.29. The summed E-state index contributed by atoms with van der Waals surface area (Å²) in [4.78, 5) is 17.2. The molecule has 0 amide bonds. The summed E-state index contributed by atoms with van der Waals surface area (Å²) >= 11 is 1.39. The van der Waals surface area contributed by atoms with Crippen molar-refractivity contribution in [1.29, 1.82) is 5.26 Å². The lowest BCUT2D eigenvalue weighted by Gasteiger charge is -2.17. The van der Waals surface area contributed by atoms with E-state index in [2.05, 4.69) is 11.1 Å². The number of thiazole rings is 1. The van der Waals surface area contributed by atoms with Crippen LogP contribution < -0.4 is 4.90 Å². The van der Waals surface area contributed by atoms with Crippen LogP contribution in [-0.2, 0) is 10.2 Å². The zero-order chi connectivity index (χ0) is 13.1. The number of aromatic nitrogens is 1. The van der Waals surface area contributed by atoms with Gasteiger partial charge in [0.05, 0.1) is 18.2 Å². The highest BCUT2D eigenvalue weighted by molar-refractivity contribution is 7.13. The van der Waals surface area contributed by atoms with Crippen molar-refractivity contribution in [3.63, 3.8) is 0 Å². The predicted octanol–water partition coefficient (Wildman–Crippen LogP) is 1.86. The highest BCUT2D eigenvalue weighted by Crippen LogP contribution is 2.28. The minimum atomic E-state index is -0.981. The molecule has 0 unspecified atom stereocenters. The van der Waals surface area contributed by atoms with E-state index in [1.54, 1.807) is 19.2 Å². The number of hydrogen-bond acceptors (Lipinski definition) is 5. The Balaban J connectivity index is 2.85. The van der Waals surface area contributed by atoms with Crippen LogP contribution in [0.3, 0.4) is 0 Å². The molecule has 17 heavy (non-hydrogen) atoms. The van der Waals surface area contributed by atoms with E-state index in [1.807, 2.05) is 11.9 Å². The molecule has 0 aliphatic rings. The van der Waals surface area contributed by atoms with Crippen LogP contribution in [0.5, 0.6) is 0 Å². The SMILES string of the molecule is CN(CCC#N)c1nc(C(C)(C)C(=O)O)cs1. The molecule has 0 fully saturated rings. The van der Waals surface area contributed by atoms with Crippen molar-refractivity contribution in [2.24, 2.45) is 0 Å². The van der Waals surface area contributed by atoms with Crippen molar-refractivity contribution in [3.8, 4) is 6.07 Å². The smallest absolute Gasteiger partial charge is 0.315 e. The maximum absolute atomic E-state index is 11.1. The first-order chi connectivity index (χ1) is 7.89. The zero-order valence-electron chi connectivity index (χ0n) is 10.1. The molecule has 1 aromatic heterocycles. The summed E-state index contributed by atoms with van der Waals surface area (Å²) in [7, 11) is 1.84. The minimum Gasteiger partial charge on any atom is -0.481 e. The summed E-state index contributed by atoms with van der Waals surface area (Å²) in [5, 5.41) is 20.1. The van der Waals surface area contributed by atoms with E-state index >= 15 is 0 Å². The van der Waals surface area contributed by atoms with Gasteiger partial charge in [0.1, 0.15) is 5.41 Å². The molecular formula is C11H15N3O2S. The second-order valence-electron chi connectivity index (χ2n) is 4.28. The number of nitrogens with zero attached hydrogens (tertiary/aromatic N) is 3. The fourth-order valence-electron chi connectivity index (χ4n) is 1.15. The standard InChI is InChI=1S/C11H15N3O2S/c1-11(2,9(15)16)8-7-17-10(13-8)14(3)6-4-5-12/h7H,4,6H2,1-3H3,(H,15,16). The Labute approximate surface area is 104 Å². The van der Waals surface area contributed by atoms with Crippen LogP contribution in [0.25, 0.3) is 0 Å². The van der Waals surface area contributed by atoms with Crippen molar-refractivity contribution in [3.05, 3.63) is 11.1 Å². The molecule has 0 bridgehead atoms. The highest BCUT2D eigenvalue weighted by atomic mass is 32.1. The third-order valence-corrected chi connectivity index (χ3v) is 3.51.